The van der Waals surface area contributed by atoms with Crippen molar-refractivity contribution < 1.29 is 22.7 Å². The van der Waals surface area contributed by atoms with Crippen molar-refractivity contribution in [2.75, 3.05) is 19.4 Å². The summed E-state index contributed by atoms with van der Waals surface area (Å²) in [5.41, 5.74) is 7.21. The molecule has 1 aliphatic heterocycles. The lowest BCUT2D eigenvalue weighted by atomic mass is 9.95. The quantitative estimate of drug-likeness (QED) is 0.660. The van der Waals surface area contributed by atoms with Gasteiger partial charge in [-0.05, 0) is 24.1 Å². The number of fused-ring (bicyclic) bond motifs is 2. The van der Waals surface area contributed by atoms with E-state index in [1.54, 1.807) is 23.1 Å². The van der Waals surface area contributed by atoms with E-state index in [1.807, 2.05) is 6.92 Å². The maximum Gasteiger partial charge on any atom is 0.417 e. The van der Waals surface area contributed by atoms with E-state index in [0.717, 1.165) is 12.5 Å². The first kappa shape index (κ1) is 20.0. The molecule has 0 unspecified atom stereocenters. The number of methoxy groups -OCH3 is 1. The summed E-state index contributed by atoms with van der Waals surface area (Å²) in [5.74, 6) is -0.0786. The number of amides is 1. The summed E-state index contributed by atoms with van der Waals surface area (Å²) in [6, 6.07) is 8.70. The van der Waals surface area contributed by atoms with Gasteiger partial charge in [-0.3, -0.25) is 4.79 Å². The monoisotopic (exact) mass is 415 g/mol. The third-order valence-corrected chi connectivity index (χ3v) is 5.29. The molecule has 2 heterocycles. The fourth-order valence-corrected chi connectivity index (χ4v) is 3.91. The number of pyridine rings is 1. The minimum absolute atomic E-state index is 0.0181. The van der Waals surface area contributed by atoms with Crippen LogP contribution in [-0.4, -0.2) is 29.4 Å². The van der Waals surface area contributed by atoms with Crippen LogP contribution in [0, 0.1) is 0 Å². The number of ether oxygens (including phenoxy) is 1. The largest absolute Gasteiger partial charge is 0.497 e. The second-order valence-corrected chi connectivity index (χ2v) is 7.18. The number of para-hydroxylation sites is 1. The van der Waals surface area contributed by atoms with E-state index in [4.69, 9.17) is 10.5 Å². The molecule has 8 heteroatoms. The lowest BCUT2D eigenvalue weighted by Crippen LogP contribution is -2.24. The number of alkyl halides is 3. The van der Waals surface area contributed by atoms with E-state index in [2.05, 4.69) is 4.98 Å². The molecule has 1 amide bonds. The van der Waals surface area contributed by atoms with Crippen LogP contribution in [0.4, 0.5) is 18.9 Å². The van der Waals surface area contributed by atoms with Crippen molar-refractivity contribution in [3.05, 3.63) is 53.2 Å². The molecule has 0 fully saturated rings. The van der Waals surface area contributed by atoms with E-state index < -0.39 is 11.7 Å². The molecule has 0 radical (unpaired) electrons. The smallest absolute Gasteiger partial charge is 0.417 e. The van der Waals surface area contributed by atoms with Crippen molar-refractivity contribution >= 4 is 22.5 Å². The first-order valence-electron chi connectivity index (χ1n) is 9.52. The molecular weight excluding hydrogens is 395 g/mol. The van der Waals surface area contributed by atoms with Gasteiger partial charge in [0.2, 0.25) is 0 Å². The average molecular weight is 415 g/mol. The normalized spacial score (nSPS) is 13.8. The van der Waals surface area contributed by atoms with E-state index in [0.29, 0.717) is 40.8 Å². The second kappa shape index (κ2) is 7.19. The van der Waals surface area contributed by atoms with Gasteiger partial charge in [0.15, 0.2) is 0 Å². The van der Waals surface area contributed by atoms with Crippen molar-refractivity contribution in [1.29, 1.82) is 0 Å². The van der Waals surface area contributed by atoms with Crippen LogP contribution >= 0.6 is 0 Å². The zero-order valence-electron chi connectivity index (χ0n) is 16.5. The topological polar surface area (TPSA) is 68.5 Å². The summed E-state index contributed by atoms with van der Waals surface area (Å²) < 4.78 is 46.3. The first-order chi connectivity index (χ1) is 14.3. The van der Waals surface area contributed by atoms with Crippen molar-refractivity contribution in [2.45, 2.75) is 26.1 Å². The Bertz CT molecular complexity index is 1160. The number of rotatable bonds is 4. The van der Waals surface area contributed by atoms with Crippen molar-refractivity contribution in [3.8, 4) is 16.9 Å². The Morgan fingerprint density at radius 3 is 2.63 bits per heavy atom. The zero-order valence-corrected chi connectivity index (χ0v) is 16.5. The molecule has 0 bridgehead atoms. The van der Waals surface area contributed by atoms with Crippen LogP contribution in [0.15, 0.2) is 36.4 Å². The van der Waals surface area contributed by atoms with Crippen LogP contribution in [0.5, 0.6) is 5.75 Å². The molecular formula is C22H20F3N3O2. The van der Waals surface area contributed by atoms with Gasteiger partial charge in [0, 0.05) is 17.5 Å². The molecule has 156 valence electrons. The molecule has 30 heavy (non-hydrogen) atoms. The number of aromatic nitrogens is 1. The van der Waals surface area contributed by atoms with Gasteiger partial charge in [0.1, 0.15) is 5.75 Å². The highest BCUT2D eigenvalue weighted by Crippen LogP contribution is 2.42. The molecule has 0 spiro atoms. The molecule has 0 saturated carbocycles. The molecule has 0 aliphatic carbocycles. The first-order valence-corrected chi connectivity index (χ1v) is 9.52. The minimum Gasteiger partial charge on any atom is -0.497 e. The highest BCUT2D eigenvalue weighted by atomic mass is 19.4. The maximum atomic E-state index is 13.8. The van der Waals surface area contributed by atoms with Crippen LogP contribution in [0.3, 0.4) is 0 Å². The van der Waals surface area contributed by atoms with Crippen LogP contribution in [0.1, 0.15) is 35.0 Å². The predicted molar refractivity (Wildman–Crippen MR) is 108 cm³/mol. The Labute approximate surface area is 171 Å². The number of hydrogen-bond donors (Lipinski definition) is 1. The van der Waals surface area contributed by atoms with Gasteiger partial charge in [0.25, 0.3) is 5.91 Å². The number of nitrogens with zero attached hydrogens (tertiary/aromatic N) is 2. The summed E-state index contributed by atoms with van der Waals surface area (Å²) in [4.78, 5) is 19.0. The lowest BCUT2D eigenvalue weighted by molar-refractivity contribution is -0.137. The number of benzene rings is 2. The Kier molecular flexibility index (Phi) is 4.80. The van der Waals surface area contributed by atoms with Gasteiger partial charge in [-0.2, -0.15) is 13.2 Å². The Balaban J connectivity index is 1.97. The van der Waals surface area contributed by atoms with Gasteiger partial charge in [-0.15, -0.1) is 0 Å². The van der Waals surface area contributed by atoms with E-state index >= 15 is 0 Å². The molecule has 3 aromatic rings. The zero-order chi connectivity index (χ0) is 21.6. The summed E-state index contributed by atoms with van der Waals surface area (Å²) in [5, 5.41) is 0.460. The SMILES string of the molecule is CCCN1Cc2nc3c(-c4ccc(OC)cc4C(F)(F)F)cccc3c(N)c2C1=O. The Hall–Kier alpha value is -3.29. The number of carbonyl (C=O) groups excluding carboxylic acids is 1. The highest BCUT2D eigenvalue weighted by Gasteiger charge is 2.36. The van der Waals surface area contributed by atoms with E-state index in [9.17, 15) is 18.0 Å². The maximum absolute atomic E-state index is 13.8. The van der Waals surface area contributed by atoms with Crippen LogP contribution in [0.2, 0.25) is 0 Å². The number of nitrogens with two attached hydrogens (primary N) is 1. The number of anilines is 1. The van der Waals surface area contributed by atoms with Gasteiger partial charge in [-0.25, -0.2) is 4.98 Å². The van der Waals surface area contributed by atoms with Gasteiger partial charge in [-0.1, -0.05) is 31.2 Å². The molecule has 2 N–H and O–H groups in total. The fraction of sp³-hybridized carbons (Fsp3) is 0.273. The van der Waals surface area contributed by atoms with Gasteiger partial charge in [0.05, 0.1) is 41.7 Å². The van der Waals surface area contributed by atoms with Gasteiger partial charge >= 0.3 is 6.18 Å². The molecule has 5 nitrogen and oxygen atoms in total. The molecule has 1 aliphatic rings. The molecule has 0 atom stereocenters. The molecule has 1 aromatic heterocycles. The third-order valence-electron chi connectivity index (χ3n) is 5.29. The molecule has 0 saturated heterocycles. The standard InChI is InChI=1S/C22H20F3N3O2/c1-3-9-28-11-17-18(21(28)29)19(26)15-6-4-5-14(20(15)27-17)13-8-7-12(30-2)10-16(13)22(23,24)25/h4-8,10H,3,9,11H2,1-2H3,(H2,26,27). The summed E-state index contributed by atoms with van der Waals surface area (Å²) in [6.45, 7) is 2.82. The molecule has 2 aromatic carbocycles. The van der Waals surface area contributed by atoms with Crippen molar-refractivity contribution in [1.82, 2.24) is 9.88 Å². The average Bonchev–Trinajstić information content (AvgIpc) is 3.02. The lowest BCUT2D eigenvalue weighted by Gasteiger charge is -2.16. The number of hydrogen-bond acceptors (Lipinski definition) is 4. The van der Waals surface area contributed by atoms with Crippen LogP contribution in [0.25, 0.3) is 22.0 Å². The van der Waals surface area contributed by atoms with E-state index in [1.165, 1.54) is 19.2 Å². The number of carbonyl (C=O) groups is 1. The fourth-order valence-electron chi connectivity index (χ4n) is 3.91. The van der Waals surface area contributed by atoms with E-state index in [-0.39, 0.29) is 22.9 Å². The Morgan fingerprint density at radius 2 is 1.97 bits per heavy atom. The van der Waals surface area contributed by atoms with Crippen LogP contribution in [-0.2, 0) is 12.7 Å². The van der Waals surface area contributed by atoms with Crippen molar-refractivity contribution in [2.24, 2.45) is 0 Å². The Morgan fingerprint density at radius 1 is 1.20 bits per heavy atom. The van der Waals surface area contributed by atoms with Crippen LogP contribution < -0.4 is 10.5 Å². The summed E-state index contributed by atoms with van der Waals surface area (Å²) in [6.07, 6.45) is -3.80. The third kappa shape index (κ3) is 3.12. The summed E-state index contributed by atoms with van der Waals surface area (Å²) >= 11 is 0. The number of nitrogen functional groups attached to an aromatic ring is 1. The highest BCUT2D eigenvalue weighted by molar-refractivity contribution is 6.11. The van der Waals surface area contributed by atoms with Gasteiger partial charge < -0.3 is 15.4 Å². The van der Waals surface area contributed by atoms with Crippen molar-refractivity contribution in [3.63, 3.8) is 0 Å². The second-order valence-electron chi connectivity index (χ2n) is 7.18. The summed E-state index contributed by atoms with van der Waals surface area (Å²) in [7, 11) is 1.32. The number of halogens is 3. The predicted octanol–water partition coefficient (Wildman–Crippen LogP) is 4.88. The minimum atomic E-state index is -4.58. The molecule has 4 rings (SSSR count).